The van der Waals surface area contributed by atoms with E-state index in [1.807, 2.05) is 0 Å². The molecule has 0 bridgehead atoms. The van der Waals surface area contributed by atoms with Gasteiger partial charge in [-0.05, 0) is 30.5 Å². The number of aliphatic carboxylic acids is 1. The molecular weight excluding hydrogens is 220 g/mol. The van der Waals surface area contributed by atoms with Gasteiger partial charge in [-0.25, -0.2) is 4.79 Å². The second kappa shape index (κ2) is 5.75. The Balaban J connectivity index is 2.51. The number of phenols is 2. The fourth-order valence-electron chi connectivity index (χ4n) is 1.23. The maximum atomic E-state index is 10.5. The lowest BCUT2D eigenvalue weighted by Gasteiger charge is -1.99. The minimum Gasteiger partial charge on any atom is -0.504 e. The van der Waals surface area contributed by atoms with Gasteiger partial charge in [0.15, 0.2) is 11.5 Å². The monoisotopic (exact) mass is 234 g/mol. The molecule has 4 heteroatoms. The van der Waals surface area contributed by atoms with E-state index in [4.69, 9.17) is 10.2 Å². The van der Waals surface area contributed by atoms with Crippen LogP contribution in [0.1, 0.15) is 18.4 Å². The number of aromatic hydroxyl groups is 2. The molecule has 1 aromatic carbocycles. The molecule has 1 rings (SSSR count). The maximum Gasteiger partial charge on any atom is 0.330 e. The van der Waals surface area contributed by atoms with Crippen LogP contribution in [0.5, 0.6) is 11.5 Å². The van der Waals surface area contributed by atoms with Crippen LogP contribution >= 0.6 is 0 Å². The average Bonchev–Trinajstić information content (AvgIpc) is 2.28. The fraction of sp³-hybridized carbons (Fsp3) is 0.154. The fourth-order valence-corrected chi connectivity index (χ4v) is 1.23. The summed E-state index contributed by atoms with van der Waals surface area (Å²) in [6, 6.07) is 4.47. The molecule has 0 fully saturated rings. The van der Waals surface area contributed by atoms with E-state index in [0.717, 1.165) is 5.56 Å². The third-order valence-electron chi connectivity index (χ3n) is 2.23. The van der Waals surface area contributed by atoms with E-state index in [9.17, 15) is 9.90 Å². The van der Waals surface area contributed by atoms with Gasteiger partial charge in [-0.2, -0.15) is 0 Å². The largest absolute Gasteiger partial charge is 0.504 e. The van der Waals surface area contributed by atoms with Crippen molar-refractivity contribution < 1.29 is 20.1 Å². The highest BCUT2D eigenvalue weighted by Crippen LogP contribution is 2.25. The zero-order valence-electron chi connectivity index (χ0n) is 9.26. The Hall–Kier alpha value is -2.23. The lowest BCUT2D eigenvalue weighted by Crippen LogP contribution is -1.97. The maximum absolute atomic E-state index is 10.5. The highest BCUT2D eigenvalue weighted by atomic mass is 16.4. The molecule has 3 N–H and O–H groups in total. The van der Waals surface area contributed by atoms with Crippen molar-refractivity contribution in [2.24, 2.45) is 0 Å². The SMILES string of the molecule is C=C(CCC=Cc1ccc(O)c(O)c1)C(=O)O. The summed E-state index contributed by atoms with van der Waals surface area (Å²) in [7, 11) is 0. The van der Waals surface area contributed by atoms with Crippen molar-refractivity contribution >= 4 is 12.0 Å². The lowest BCUT2D eigenvalue weighted by atomic mass is 10.1. The van der Waals surface area contributed by atoms with Gasteiger partial charge in [0.2, 0.25) is 0 Å². The summed E-state index contributed by atoms with van der Waals surface area (Å²) in [6.07, 6.45) is 4.48. The standard InChI is InChI=1S/C13H14O4/c1-9(13(16)17)4-2-3-5-10-6-7-11(14)12(15)8-10/h3,5-8,14-15H,1-2,4H2,(H,16,17). The molecule has 0 aliphatic rings. The predicted octanol–water partition coefficient (Wildman–Crippen LogP) is 2.53. The summed E-state index contributed by atoms with van der Waals surface area (Å²) < 4.78 is 0. The number of allylic oxidation sites excluding steroid dienone is 1. The Morgan fingerprint density at radius 3 is 2.59 bits per heavy atom. The Bertz CT molecular complexity index is 460. The average molecular weight is 234 g/mol. The number of phenolic OH excluding ortho intramolecular Hbond substituents is 2. The second-order valence-electron chi connectivity index (χ2n) is 3.60. The van der Waals surface area contributed by atoms with Gasteiger partial charge < -0.3 is 15.3 Å². The normalized spacial score (nSPS) is 10.6. The van der Waals surface area contributed by atoms with Gasteiger partial charge in [-0.1, -0.05) is 24.8 Å². The summed E-state index contributed by atoms with van der Waals surface area (Å²) in [5.74, 6) is -1.33. The van der Waals surface area contributed by atoms with E-state index in [-0.39, 0.29) is 17.1 Å². The first kappa shape index (κ1) is 12.8. The van der Waals surface area contributed by atoms with Gasteiger partial charge in [0.25, 0.3) is 0 Å². The molecule has 0 saturated carbocycles. The minimum atomic E-state index is -0.985. The van der Waals surface area contributed by atoms with Crippen LogP contribution in [0.4, 0.5) is 0 Å². The smallest absolute Gasteiger partial charge is 0.330 e. The van der Waals surface area contributed by atoms with Crippen LogP contribution in [0.3, 0.4) is 0 Å². The molecule has 0 heterocycles. The topological polar surface area (TPSA) is 77.8 Å². The first-order valence-electron chi connectivity index (χ1n) is 5.10. The first-order chi connectivity index (χ1) is 8.00. The lowest BCUT2D eigenvalue weighted by molar-refractivity contribution is -0.132. The summed E-state index contributed by atoms with van der Waals surface area (Å²) in [5, 5.41) is 26.9. The van der Waals surface area contributed by atoms with Crippen molar-refractivity contribution in [2.75, 3.05) is 0 Å². The van der Waals surface area contributed by atoms with E-state index in [1.54, 1.807) is 18.2 Å². The third kappa shape index (κ3) is 4.03. The molecule has 1 aromatic rings. The summed E-state index contributed by atoms with van der Waals surface area (Å²) >= 11 is 0. The van der Waals surface area contributed by atoms with E-state index in [1.165, 1.54) is 12.1 Å². The Labute approximate surface area is 99.2 Å². The van der Waals surface area contributed by atoms with E-state index < -0.39 is 5.97 Å². The van der Waals surface area contributed by atoms with E-state index in [0.29, 0.717) is 12.8 Å². The molecular formula is C13H14O4. The quantitative estimate of drug-likeness (QED) is 0.540. The number of hydrogen-bond donors (Lipinski definition) is 3. The van der Waals surface area contributed by atoms with Crippen LogP contribution in [0, 0.1) is 0 Å². The van der Waals surface area contributed by atoms with Crippen LogP contribution in [0.2, 0.25) is 0 Å². The van der Waals surface area contributed by atoms with Gasteiger partial charge in [-0.15, -0.1) is 0 Å². The number of hydrogen-bond acceptors (Lipinski definition) is 3. The Morgan fingerprint density at radius 2 is 2.00 bits per heavy atom. The number of carbonyl (C=O) groups is 1. The van der Waals surface area contributed by atoms with Crippen molar-refractivity contribution in [2.45, 2.75) is 12.8 Å². The summed E-state index contributed by atoms with van der Waals surface area (Å²) in [5.41, 5.74) is 0.907. The van der Waals surface area contributed by atoms with Gasteiger partial charge in [0.05, 0.1) is 0 Å². The molecule has 0 unspecified atom stereocenters. The molecule has 0 aromatic heterocycles. The highest BCUT2D eigenvalue weighted by molar-refractivity contribution is 5.85. The summed E-state index contributed by atoms with van der Waals surface area (Å²) in [4.78, 5) is 10.5. The van der Waals surface area contributed by atoms with Crippen LogP contribution in [0.25, 0.3) is 6.08 Å². The van der Waals surface area contributed by atoms with Gasteiger partial charge in [0.1, 0.15) is 0 Å². The number of benzene rings is 1. The van der Waals surface area contributed by atoms with Gasteiger partial charge in [0, 0.05) is 5.57 Å². The van der Waals surface area contributed by atoms with Crippen molar-refractivity contribution in [1.29, 1.82) is 0 Å². The molecule has 0 amide bonds. The molecule has 0 radical (unpaired) electrons. The molecule has 90 valence electrons. The van der Waals surface area contributed by atoms with Gasteiger partial charge >= 0.3 is 5.97 Å². The molecule has 17 heavy (non-hydrogen) atoms. The second-order valence-corrected chi connectivity index (χ2v) is 3.60. The van der Waals surface area contributed by atoms with Gasteiger partial charge in [-0.3, -0.25) is 0 Å². The molecule has 4 nitrogen and oxygen atoms in total. The van der Waals surface area contributed by atoms with Crippen LogP contribution in [-0.2, 0) is 4.79 Å². The van der Waals surface area contributed by atoms with E-state index in [2.05, 4.69) is 6.58 Å². The van der Waals surface area contributed by atoms with Crippen LogP contribution in [0.15, 0.2) is 36.4 Å². The van der Waals surface area contributed by atoms with Crippen molar-refractivity contribution in [1.82, 2.24) is 0 Å². The molecule has 0 saturated heterocycles. The molecule has 0 spiro atoms. The van der Waals surface area contributed by atoms with Crippen molar-refractivity contribution in [3.63, 3.8) is 0 Å². The zero-order chi connectivity index (χ0) is 12.8. The predicted molar refractivity (Wildman–Crippen MR) is 64.8 cm³/mol. The highest BCUT2D eigenvalue weighted by Gasteiger charge is 2.01. The van der Waals surface area contributed by atoms with E-state index >= 15 is 0 Å². The van der Waals surface area contributed by atoms with Crippen LogP contribution < -0.4 is 0 Å². The number of carboxylic acid groups (broad SMARTS) is 1. The summed E-state index contributed by atoms with van der Waals surface area (Å²) in [6.45, 7) is 3.42. The zero-order valence-corrected chi connectivity index (χ0v) is 9.26. The number of carboxylic acids is 1. The number of rotatable bonds is 5. The Kier molecular flexibility index (Phi) is 4.34. The van der Waals surface area contributed by atoms with Crippen molar-refractivity contribution in [3.8, 4) is 11.5 Å². The first-order valence-corrected chi connectivity index (χ1v) is 5.10. The Morgan fingerprint density at radius 1 is 1.29 bits per heavy atom. The molecule has 0 aliphatic heterocycles. The molecule has 0 atom stereocenters. The molecule has 0 aliphatic carbocycles. The van der Waals surface area contributed by atoms with Crippen LogP contribution in [-0.4, -0.2) is 21.3 Å². The minimum absolute atomic E-state index is 0.165. The third-order valence-corrected chi connectivity index (χ3v) is 2.23. The van der Waals surface area contributed by atoms with Crippen molar-refractivity contribution in [3.05, 3.63) is 42.0 Å².